The van der Waals surface area contributed by atoms with Crippen molar-refractivity contribution in [3.63, 3.8) is 0 Å². The number of nitrogens with zero attached hydrogens (tertiary/aromatic N) is 2. The van der Waals surface area contributed by atoms with E-state index >= 15 is 0 Å². The molecule has 1 saturated carbocycles. The molecule has 6 nitrogen and oxygen atoms in total. The zero-order valence-corrected chi connectivity index (χ0v) is 19.8. The van der Waals surface area contributed by atoms with Crippen molar-refractivity contribution < 1.29 is 14.7 Å². The Hall–Kier alpha value is -3.93. The number of fused-ring (bicyclic) bond motifs is 1. The summed E-state index contributed by atoms with van der Waals surface area (Å²) in [5.41, 5.74) is 6.41. The van der Waals surface area contributed by atoms with E-state index in [0.29, 0.717) is 17.5 Å². The molecule has 0 saturated heterocycles. The predicted octanol–water partition coefficient (Wildman–Crippen LogP) is 6.31. The van der Waals surface area contributed by atoms with Crippen LogP contribution in [0.1, 0.15) is 59.6 Å². The van der Waals surface area contributed by atoms with Crippen LogP contribution >= 0.6 is 0 Å². The fourth-order valence-corrected chi connectivity index (χ4v) is 5.08. The molecule has 2 heterocycles. The Kier molecular flexibility index (Phi) is 6.36. The molecule has 1 aliphatic rings. The highest BCUT2D eigenvalue weighted by atomic mass is 16.4. The lowest BCUT2D eigenvalue weighted by Crippen LogP contribution is -2.16. The summed E-state index contributed by atoms with van der Waals surface area (Å²) < 4.78 is 1.89. The summed E-state index contributed by atoms with van der Waals surface area (Å²) in [5, 5.41) is 11.9. The van der Waals surface area contributed by atoms with Gasteiger partial charge in [-0.05, 0) is 91.0 Å². The zero-order chi connectivity index (χ0) is 24.4. The van der Waals surface area contributed by atoms with E-state index in [4.69, 9.17) is 5.11 Å². The summed E-state index contributed by atoms with van der Waals surface area (Å²) >= 11 is 0. The van der Waals surface area contributed by atoms with Crippen molar-refractivity contribution in [2.75, 3.05) is 5.32 Å². The zero-order valence-electron chi connectivity index (χ0n) is 19.8. The Morgan fingerprint density at radius 3 is 2.43 bits per heavy atom. The number of aliphatic carboxylic acids is 1. The van der Waals surface area contributed by atoms with Gasteiger partial charge in [0.25, 0.3) is 5.91 Å². The number of carbonyl (C=O) groups is 2. The second kappa shape index (κ2) is 9.74. The van der Waals surface area contributed by atoms with Gasteiger partial charge in [-0.2, -0.15) is 0 Å². The van der Waals surface area contributed by atoms with Crippen molar-refractivity contribution in [2.45, 2.75) is 44.9 Å². The van der Waals surface area contributed by atoms with Crippen LogP contribution in [0, 0.1) is 12.8 Å². The van der Waals surface area contributed by atoms with Gasteiger partial charge < -0.3 is 14.8 Å². The van der Waals surface area contributed by atoms with Crippen LogP contribution in [0.4, 0.5) is 5.69 Å². The van der Waals surface area contributed by atoms with E-state index in [2.05, 4.69) is 34.6 Å². The first-order chi connectivity index (χ1) is 16.9. The van der Waals surface area contributed by atoms with Gasteiger partial charge in [0.05, 0.1) is 0 Å². The summed E-state index contributed by atoms with van der Waals surface area (Å²) in [7, 11) is 0. The minimum absolute atomic E-state index is 0.233. The number of carbonyl (C=O) groups excluding carboxylic acids is 1. The highest BCUT2D eigenvalue weighted by Gasteiger charge is 2.24. The minimum atomic E-state index is -0.688. The van der Waals surface area contributed by atoms with E-state index in [-0.39, 0.29) is 12.3 Å². The first-order valence-electron chi connectivity index (χ1n) is 12.1. The van der Waals surface area contributed by atoms with E-state index in [0.717, 1.165) is 53.7 Å². The maximum absolute atomic E-state index is 12.7. The average Bonchev–Trinajstić information content (AvgIpc) is 3.28. The van der Waals surface area contributed by atoms with Gasteiger partial charge in [0.1, 0.15) is 11.3 Å². The summed E-state index contributed by atoms with van der Waals surface area (Å²) in [6.07, 6.45) is 8.10. The number of hydrogen-bond acceptors (Lipinski definition) is 3. The molecule has 0 spiro atoms. The molecule has 0 radical (unpaired) electrons. The number of aryl methyl sites for hydroxylation is 1. The maximum Gasteiger partial charge on any atom is 0.303 e. The number of nitrogens with one attached hydrogen (secondary N) is 1. The molecule has 2 aromatic heterocycles. The third-order valence-electron chi connectivity index (χ3n) is 6.99. The number of rotatable bonds is 6. The molecule has 1 amide bonds. The number of pyridine rings is 1. The largest absolute Gasteiger partial charge is 0.481 e. The third kappa shape index (κ3) is 5.27. The Morgan fingerprint density at radius 1 is 0.971 bits per heavy atom. The van der Waals surface area contributed by atoms with E-state index < -0.39 is 5.97 Å². The fourth-order valence-electron chi connectivity index (χ4n) is 5.08. The number of amides is 1. The highest BCUT2D eigenvalue weighted by molar-refractivity contribution is 6.03. The van der Waals surface area contributed by atoms with Gasteiger partial charge in [0.2, 0.25) is 0 Å². The molecule has 35 heavy (non-hydrogen) atoms. The Labute approximate surface area is 204 Å². The molecule has 0 bridgehead atoms. The van der Waals surface area contributed by atoms with Crippen molar-refractivity contribution in [2.24, 2.45) is 5.92 Å². The lowest BCUT2D eigenvalue weighted by atomic mass is 9.77. The second-order valence-electron chi connectivity index (χ2n) is 9.57. The van der Waals surface area contributed by atoms with Crippen LogP contribution in [0.5, 0.6) is 0 Å². The van der Waals surface area contributed by atoms with Crippen LogP contribution in [0.25, 0.3) is 16.8 Å². The first kappa shape index (κ1) is 22.8. The van der Waals surface area contributed by atoms with E-state index in [9.17, 15) is 9.59 Å². The van der Waals surface area contributed by atoms with Gasteiger partial charge in [-0.15, -0.1) is 0 Å². The topological polar surface area (TPSA) is 83.7 Å². The minimum Gasteiger partial charge on any atom is -0.481 e. The van der Waals surface area contributed by atoms with E-state index in [1.807, 2.05) is 53.9 Å². The number of hydrogen-bond donors (Lipinski definition) is 2. The number of anilines is 1. The molecule has 1 fully saturated rings. The second-order valence-corrected chi connectivity index (χ2v) is 9.57. The van der Waals surface area contributed by atoms with Crippen LogP contribution in [-0.2, 0) is 4.79 Å². The van der Waals surface area contributed by atoms with Crippen LogP contribution in [0.3, 0.4) is 0 Å². The molecule has 2 N–H and O–H groups in total. The molecule has 6 heteroatoms. The van der Waals surface area contributed by atoms with Crippen LogP contribution < -0.4 is 5.32 Å². The van der Waals surface area contributed by atoms with Gasteiger partial charge in [0, 0.05) is 24.5 Å². The van der Waals surface area contributed by atoms with Crippen molar-refractivity contribution in [1.29, 1.82) is 0 Å². The normalized spacial score (nSPS) is 17.9. The van der Waals surface area contributed by atoms with Crippen LogP contribution in [0.2, 0.25) is 0 Å². The summed E-state index contributed by atoms with van der Waals surface area (Å²) in [5.74, 6) is -0.108. The molecule has 2 aromatic carbocycles. The molecular weight excluding hydrogens is 438 g/mol. The number of carboxylic acids is 1. The molecule has 0 atom stereocenters. The van der Waals surface area contributed by atoms with Crippen molar-refractivity contribution in [1.82, 2.24) is 9.38 Å². The number of aromatic nitrogens is 2. The molecule has 0 unspecified atom stereocenters. The van der Waals surface area contributed by atoms with Gasteiger partial charge >= 0.3 is 5.97 Å². The smallest absolute Gasteiger partial charge is 0.303 e. The predicted molar refractivity (Wildman–Crippen MR) is 137 cm³/mol. The Balaban J connectivity index is 1.28. The monoisotopic (exact) mass is 467 g/mol. The molecule has 1 aliphatic carbocycles. The summed E-state index contributed by atoms with van der Waals surface area (Å²) in [4.78, 5) is 28.1. The van der Waals surface area contributed by atoms with Gasteiger partial charge in [-0.1, -0.05) is 36.4 Å². The molecule has 178 valence electrons. The number of carboxylic acid groups (broad SMARTS) is 1. The lowest BCUT2D eigenvalue weighted by molar-refractivity contribution is -0.138. The fraction of sp³-hybridized carbons (Fsp3) is 0.276. The van der Waals surface area contributed by atoms with Gasteiger partial charge in [-0.25, -0.2) is 4.98 Å². The van der Waals surface area contributed by atoms with Crippen molar-refractivity contribution >= 4 is 23.2 Å². The number of imidazole rings is 1. The Bertz CT molecular complexity index is 1370. The molecule has 5 rings (SSSR count). The van der Waals surface area contributed by atoms with Crippen LogP contribution in [0.15, 0.2) is 73.1 Å². The number of benzene rings is 2. The Morgan fingerprint density at radius 2 is 1.71 bits per heavy atom. The molecular formula is C29H29N3O3. The maximum atomic E-state index is 12.7. The van der Waals surface area contributed by atoms with E-state index in [1.165, 1.54) is 5.56 Å². The lowest BCUT2D eigenvalue weighted by Gasteiger charge is -2.28. The van der Waals surface area contributed by atoms with E-state index in [1.54, 1.807) is 6.20 Å². The summed E-state index contributed by atoms with van der Waals surface area (Å²) in [6.45, 7) is 1.99. The first-order valence-corrected chi connectivity index (χ1v) is 12.1. The quantitative estimate of drug-likeness (QED) is 0.348. The van der Waals surface area contributed by atoms with Crippen molar-refractivity contribution in [3.8, 4) is 11.1 Å². The van der Waals surface area contributed by atoms with Crippen LogP contribution in [-0.4, -0.2) is 26.4 Å². The molecule has 4 aromatic rings. The van der Waals surface area contributed by atoms with Crippen molar-refractivity contribution in [3.05, 3.63) is 89.9 Å². The third-order valence-corrected chi connectivity index (χ3v) is 6.99. The standard InChI is InChI=1S/C29H29N3O3/c1-19-3-2-4-25(15-19)30-29(35)26-18-32-17-24(13-14-27(32)31-26)23-11-9-22(10-12-23)21-7-5-20(6-8-21)16-28(33)34/h2-4,9-15,17-18,20-21H,5-8,16H2,1H3,(H,30,35)(H,33,34). The SMILES string of the molecule is Cc1cccc(NC(=O)c2cn3cc(-c4ccc(C5CCC(CC(=O)O)CC5)cc4)ccc3n2)c1. The highest BCUT2D eigenvalue weighted by Crippen LogP contribution is 2.37. The van der Waals surface area contributed by atoms with Gasteiger partial charge in [0.15, 0.2) is 0 Å². The van der Waals surface area contributed by atoms with Gasteiger partial charge in [-0.3, -0.25) is 9.59 Å². The molecule has 0 aliphatic heterocycles. The summed E-state index contributed by atoms with van der Waals surface area (Å²) in [6, 6.07) is 20.3. The average molecular weight is 468 g/mol.